The Balaban J connectivity index is 1.90. The summed E-state index contributed by atoms with van der Waals surface area (Å²) >= 11 is 12.3. The van der Waals surface area contributed by atoms with Crippen molar-refractivity contribution in [1.29, 1.82) is 0 Å². The van der Waals surface area contributed by atoms with Gasteiger partial charge in [0, 0.05) is 35.5 Å². The zero-order valence-corrected chi connectivity index (χ0v) is 20.3. The predicted octanol–water partition coefficient (Wildman–Crippen LogP) is 5.91. The van der Waals surface area contributed by atoms with Crippen molar-refractivity contribution in [2.24, 2.45) is 5.92 Å². The molecule has 0 saturated heterocycles. The number of carbonyl (C=O) groups is 2. The van der Waals surface area contributed by atoms with E-state index in [1.165, 1.54) is 0 Å². The lowest BCUT2D eigenvalue weighted by Crippen LogP contribution is -2.51. The Kier molecular flexibility index (Phi) is 8.93. The molecule has 1 unspecified atom stereocenters. The molecule has 0 aliphatic rings. The van der Waals surface area contributed by atoms with E-state index in [4.69, 9.17) is 23.2 Å². The number of rotatable bonds is 9. The van der Waals surface area contributed by atoms with Crippen LogP contribution in [0.5, 0.6) is 0 Å². The molecule has 172 valence electrons. The van der Waals surface area contributed by atoms with Gasteiger partial charge in [-0.05, 0) is 34.9 Å². The normalized spacial score (nSPS) is 11.8. The fraction of sp³-hybridized carbons (Fsp3) is 0.259. The zero-order valence-electron chi connectivity index (χ0n) is 18.8. The Bertz CT molecular complexity index is 1070. The topological polar surface area (TPSA) is 49.4 Å². The van der Waals surface area contributed by atoms with Crippen LogP contribution in [-0.4, -0.2) is 22.8 Å². The number of hydrogen-bond donors (Lipinski definition) is 1. The van der Waals surface area contributed by atoms with Gasteiger partial charge in [-0.2, -0.15) is 0 Å². The summed E-state index contributed by atoms with van der Waals surface area (Å²) in [4.78, 5) is 28.4. The molecule has 0 fully saturated rings. The van der Waals surface area contributed by atoms with Crippen LogP contribution >= 0.6 is 23.2 Å². The van der Waals surface area contributed by atoms with Gasteiger partial charge in [0.25, 0.3) is 0 Å². The summed E-state index contributed by atoms with van der Waals surface area (Å²) in [5, 5.41) is 4.21. The third-order valence-electron chi connectivity index (χ3n) is 5.40. The summed E-state index contributed by atoms with van der Waals surface area (Å²) in [6.45, 7) is 4.29. The van der Waals surface area contributed by atoms with E-state index in [2.05, 4.69) is 5.32 Å². The van der Waals surface area contributed by atoms with Crippen molar-refractivity contribution in [2.45, 2.75) is 39.4 Å². The molecule has 2 amide bonds. The summed E-state index contributed by atoms with van der Waals surface area (Å²) in [5.74, 6) is -0.563. The zero-order chi connectivity index (χ0) is 23.8. The van der Waals surface area contributed by atoms with Crippen molar-refractivity contribution in [3.63, 3.8) is 0 Å². The molecule has 3 rings (SSSR count). The lowest BCUT2D eigenvalue weighted by molar-refractivity contribution is -0.143. The highest BCUT2D eigenvalue weighted by Crippen LogP contribution is 2.20. The maximum absolute atomic E-state index is 13.5. The van der Waals surface area contributed by atoms with Crippen molar-refractivity contribution in [2.75, 3.05) is 0 Å². The van der Waals surface area contributed by atoms with E-state index in [-0.39, 0.29) is 24.3 Å². The van der Waals surface area contributed by atoms with Gasteiger partial charge in [0.05, 0.1) is 0 Å². The van der Waals surface area contributed by atoms with Gasteiger partial charge >= 0.3 is 0 Å². The van der Waals surface area contributed by atoms with Crippen LogP contribution in [0.15, 0.2) is 78.9 Å². The van der Waals surface area contributed by atoms with E-state index in [0.717, 1.165) is 16.7 Å². The summed E-state index contributed by atoms with van der Waals surface area (Å²) in [6.07, 6.45) is 0.404. The van der Waals surface area contributed by atoms with Crippen molar-refractivity contribution in [3.8, 4) is 0 Å². The largest absolute Gasteiger partial charge is 0.350 e. The Morgan fingerprint density at radius 1 is 0.848 bits per heavy atom. The maximum Gasteiger partial charge on any atom is 0.243 e. The van der Waals surface area contributed by atoms with Crippen LogP contribution in [0.25, 0.3) is 0 Å². The molecule has 1 atom stereocenters. The van der Waals surface area contributed by atoms with Gasteiger partial charge in [-0.3, -0.25) is 9.59 Å². The van der Waals surface area contributed by atoms with Gasteiger partial charge in [0.1, 0.15) is 6.04 Å². The molecule has 0 bridgehead atoms. The number of nitrogens with one attached hydrogen (secondary N) is 1. The van der Waals surface area contributed by atoms with Crippen molar-refractivity contribution < 1.29 is 9.59 Å². The predicted molar refractivity (Wildman–Crippen MR) is 134 cm³/mol. The van der Waals surface area contributed by atoms with Crippen LogP contribution in [-0.2, 0) is 29.1 Å². The van der Waals surface area contributed by atoms with Crippen LogP contribution in [0, 0.1) is 5.92 Å². The number of amides is 2. The molecule has 4 nitrogen and oxygen atoms in total. The molecule has 0 aliphatic carbocycles. The monoisotopic (exact) mass is 482 g/mol. The van der Waals surface area contributed by atoms with Gasteiger partial charge < -0.3 is 10.2 Å². The minimum absolute atomic E-state index is 0.0845. The smallest absolute Gasteiger partial charge is 0.243 e. The Morgan fingerprint density at radius 2 is 1.48 bits per heavy atom. The SMILES string of the molecule is CC(C)C(=O)N(Cc1ccc(Cl)cc1)C(Cc1ccccc1)C(=O)NCc1ccccc1Cl. The van der Waals surface area contributed by atoms with E-state index < -0.39 is 6.04 Å². The summed E-state index contributed by atoms with van der Waals surface area (Å²) < 4.78 is 0. The highest BCUT2D eigenvalue weighted by Gasteiger charge is 2.31. The van der Waals surface area contributed by atoms with Crippen molar-refractivity contribution in [3.05, 3.63) is 106 Å². The Labute approximate surface area is 205 Å². The lowest BCUT2D eigenvalue weighted by atomic mass is 10.0. The first-order valence-electron chi connectivity index (χ1n) is 10.9. The first-order chi connectivity index (χ1) is 15.8. The third-order valence-corrected chi connectivity index (χ3v) is 6.03. The molecule has 0 aromatic heterocycles. The molecule has 0 saturated carbocycles. The number of hydrogen-bond acceptors (Lipinski definition) is 2. The average Bonchev–Trinajstić information content (AvgIpc) is 2.82. The van der Waals surface area contributed by atoms with Crippen molar-refractivity contribution in [1.82, 2.24) is 10.2 Å². The molecule has 3 aromatic rings. The molecule has 0 radical (unpaired) electrons. The van der Waals surface area contributed by atoms with Crippen LogP contribution in [0.4, 0.5) is 0 Å². The van der Waals surface area contributed by atoms with E-state index >= 15 is 0 Å². The molecule has 0 heterocycles. The van der Waals surface area contributed by atoms with Crippen LogP contribution < -0.4 is 5.32 Å². The van der Waals surface area contributed by atoms with Gasteiger partial charge in [0.15, 0.2) is 0 Å². The minimum atomic E-state index is -0.680. The van der Waals surface area contributed by atoms with Crippen LogP contribution in [0.3, 0.4) is 0 Å². The molecule has 0 spiro atoms. The van der Waals surface area contributed by atoms with E-state index in [1.54, 1.807) is 23.1 Å². The fourth-order valence-corrected chi connectivity index (χ4v) is 3.91. The summed E-state index contributed by atoms with van der Waals surface area (Å²) in [6, 6.07) is 23.8. The fourth-order valence-electron chi connectivity index (χ4n) is 3.58. The van der Waals surface area contributed by atoms with Crippen molar-refractivity contribution >= 4 is 35.0 Å². The number of benzene rings is 3. The van der Waals surface area contributed by atoms with Gasteiger partial charge in [-0.25, -0.2) is 0 Å². The van der Waals surface area contributed by atoms with Crippen LogP contribution in [0.1, 0.15) is 30.5 Å². The number of carbonyl (C=O) groups excluding carboxylic acids is 2. The molecule has 33 heavy (non-hydrogen) atoms. The van der Waals surface area contributed by atoms with Gasteiger partial charge in [0.2, 0.25) is 11.8 Å². The standard InChI is InChI=1S/C27H28Cl2N2O2/c1-19(2)27(33)31(18-21-12-14-23(28)15-13-21)25(16-20-8-4-3-5-9-20)26(32)30-17-22-10-6-7-11-24(22)29/h3-15,19,25H,16-18H2,1-2H3,(H,30,32). The summed E-state index contributed by atoms with van der Waals surface area (Å²) in [5.41, 5.74) is 2.71. The second kappa shape index (κ2) is 11.9. The second-order valence-electron chi connectivity index (χ2n) is 8.26. The third kappa shape index (κ3) is 7.08. The minimum Gasteiger partial charge on any atom is -0.350 e. The molecule has 6 heteroatoms. The van der Waals surface area contributed by atoms with E-state index in [1.807, 2.05) is 74.5 Å². The van der Waals surface area contributed by atoms with E-state index in [9.17, 15) is 9.59 Å². The quantitative estimate of drug-likeness (QED) is 0.412. The highest BCUT2D eigenvalue weighted by molar-refractivity contribution is 6.31. The van der Waals surface area contributed by atoms with E-state index in [0.29, 0.717) is 23.0 Å². The molecule has 3 aromatic carbocycles. The first kappa shape index (κ1) is 24.8. The second-order valence-corrected chi connectivity index (χ2v) is 9.11. The van der Waals surface area contributed by atoms with Crippen LogP contribution in [0.2, 0.25) is 10.0 Å². The molecular formula is C27H28Cl2N2O2. The Hall–Kier alpha value is -2.82. The van der Waals surface area contributed by atoms with Gasteiger partial charge in [-0.15, -0.1) is 0 Å². The number of nitrogens with zero attached hydrogens (tertiary/aromatic N) is 1. The number of halogens is 2. The molecule has 0 aliphatic heterocycles. The Morgan fingerprint density at radius 3 is 2.12 bits per heavy atom. The molecular weight excluding hydrogens is 455 g/mol. The highest BCUT2D eigenvalue weighted by atomic mass is 35.5. The van der Waals surface area contributed by atoms with Gasteiger partial charge in [-0.1, -0.05) is 97.7 Å². The summed E-state index contributed by atoms with van der Waals surface area (Å²) in [7, 11) is 0. The maximum atomic E-state index is 13.5. The average molecular weight is 483 g/mol. The lowest BCUT2D eigenvalue weighted by Gasteiger charge is -2.33. The molecule has 1 N–H and O–H groups in total. The first-order valence-corrected chi connectivity index (χ1v) is 11.7.